The molecule has 0 bridgehead atoms. The van der Waals surface area contributed by atoms with E-state index in [4.69, 9.17) is 9.62 Å². The maximum absolute atomic E-state index is 12.0. The number of rotatable bonds is 3. The second-order valence-corrected chi connectivity index (χ2v) is 4.57. The van der Waals surface area contributed by atoms with Crippen LogP contribution in [0.3, 0.4) is 0 Å². The van der Waals surface area contributed by atoms with Gasteiger partial charge in [-0.3, -0.25) is 4.79 Å². The van der Waals surface area contributed by atoms with Gasteiger partial charge in [-0.15, -0.1) is 0 Å². The highest BCUT2D eigenvalue weighted by atomic mass is 79.9. The smallest absolute Gasteiger partial charge is 0.291 e. The lowest BCUT2D eigenvalue weighted by Crippen LogP contribution is -2.13. The maximum atomic E-state index is 12.0. The molecule has 0 aliphatic rings. The lowest BCUT2D eigenvalue weighted by Gasteiger charge is -2.08. The molecule has 0 aliphatic carbocycles. The standard InChI is InChI=1S/C13H11BrN2O3/c1-8(16-18)9-4-2-3-5-10(9)15-13(17)11-6-7-12(14)19-11/h2-7,18H,1H3,(H,15,17)/b16-8+. The van der Waals surface area contributed by atoms with Gasteiger partial charge in [0.25, 0.3) is 5.91 Å². The fraction of sp³-hybridized carbons (Fsp3) is 0.0769. The Labute approximate surface area is 118 Å². The number of amides is 1. The Bertz CT molecular complexity index is 634. The summed E-state index contributed by atoms with van der Waals surface area (Å²) in [6.45, 7) is 1.65. The van der Waals surface area contributed by atoms with Crippen LogP contribution in [0.15, 0.2) is 50.6 Å². The monoisotopic (exact) mass is 322 g/mol. The van der Waals surface area contributed by atoms with Crippen molar-refractivity contribution in [2.24, 2.45) is 5.16 Å². The maximum Gasteiger partial charge on any atom is 0.291 e. The third-order valence-corrected chi connectivity index (χ3v) is 2.94. The van der Waals surface area contributed by atoms with Crippen molar-refractivity contribution >= 4 is 33.2 Å². The molecule has 1 aromatic carbocycles. The molecule has 6 heteroatoms. The average Bonchev–Trinajstić information content (AvgIpc) is 2.85. The molecule has 98 valence electrons. The second-order valence-electron chi connectivity index (χ2n) is 3.79. The number of anilines is 1. The minimum Gasteiger partial charge on any atom is -0.444 e. The summed E-state index contributed by atoms with van der Waals surface area (Å²) in [5.74, 6) is -0.177. The van der Waals surface area contributed by atoms with Crippen LogP contribution in [-0.4, -0.2) is 16.8 Å². The van der Waals surface area contributed by atoms with Crippen molar-refractivity contribution in [3.8, 4) is 0 Å². The van der Waals surface area contributed by atoms with Gasteiger partial charge in [0, 0.05) is 5.56 Å². The fourth-order valence-corrected chi connectivity index (χ4v) is 1.89. The molecular formula is C13H11BrN2O3. The number of furan rings is 1. The van der Waals surface area contributed by atoms with Gasteiger partial charge in [-0.1, -0.05) is 23.4 Å². The first-order valence-electron chi connectivity index (χ1n) is 5.46. The molecule has 2 rings (SSSR count). The van der Waals surface area contributed by atoms with Crippen LogP contribution in [-0.2, 0) is 0 Å². The summed E-state index contributed by atoms with van der Waals surface area (Å²) in [4.78, 5) is 12.0. The van der Waals surface area contributed by atoms with E-state index in [9.17, 15) is 4.79 Å². The SMILES string of the molecule is C/C(=N\O)c1ccccc1NC(=O)c1ccc(Br)o1. The lowest BCUT2D eigenvalue weighted by molar-refractivity contribution is 0.0995. The second kappa shape index (κ2) is 5.71. The van der Waals surface area contributed by atoms with Crippen LogP contribution in [0, 0.1) is 0 Å². The predicted octanol–water partition coefficient (Wildman–Crippen LogP) is 3.49. The van der Waals surface area contributed by atoms with E-state index in [0.717, 1.165) is 0 Å². The zero-order valence-electron chi connectivity index (χ0n) is 10.1. The molecular weight excluding hydrogens is 312 g/mol. The van der Waals surface area contributed by atoms with Gasteiger partial charge in [-0.05, 0) is 41.1 Å². The fourth-order valence-electron chi connectivity index (χ4n) is 1.58. The highest BCUT2D eigenvalue weighted by Crippen LogP contribution is 2.19. The minimum absolute atomic E-state index is 0.195. The van der Waals surface area contributed by atoms with Gasteiger partial charge in [-0.25, -0.2) is 0 Å². The van der Waals surface area contributed by atoms with E-state index in [1.807, 2.05) is 0 Å². The molecule has 1 aromatic heterocycles. The Morgan fingerprint density at radius 3 is 2.68 bits per heavy atom. The van der Waals surface area contributed by atoms with E-state index in [2.05, 4.69) is 26.4 Å². The number of nitrogens with zero attached hydrogens (tertiary/aromatic N) is 1. The third kappa shape index (κ3) is 3.03. The van der Waals surface area contributed by atoms with E-state index >= 15 is 0 Å². The molecule has 19 heavy (non-hydrogen) atoms. The van der Waals surface area contributed by atoms with Gasteiger partial charge >= 0.3 is 0 Å². The topological polar surface area (TPSA) is 74.8 Å². The first-order chi connectivity index (χ1) is 9.11. The molecule has 0 unspecified atom stereocenters. The molecule has 1 amide bonds. The number of hydrogen-bond acceptors (Lipinski definition) is 4. The summed E-state index contributed by atoms with van der Waals surface area (Å²) >= 11 is 3.14. The molecule has 0 spiro atoms. The van der Waals surface area contributed by atoms with E-state index in [1.54, 1.807) is 43.3 Å². The van der Waals surface area contributed by atoms with Crippen LogP contribution in [0.4, 0.5) is 5.69 Å². The van der Waals surface area contributed by atoms with E-state index in [-0.39, 0.29) is 11.7 Å². The molecule has 0 aliphatic heterocycles. The largest absolute Gasteiger partial charge is 0.444 e. The summed E-state index contributed by atoms with van der Waals surface area (Å²) in [6, 6.07) is 10.3. The summed E-state index contributed by atoms with van der Waals surface area (Å²) in [7, 11) is 0. The van der Waals surface area contributed by atoms with E-state index in [1.165, 1.54) is 0 Å². The van der Waals surface area contributed by atoms with Crippen molar-refractivity contribution in [3.05, 3.63) is 52.4 Å². The molecule has 0 fully saturated rings. The summed E-state index contributed by atoms with van der Waals surface area (Å²) < 4.78 is 5.65. The molecule has 0 atom stereocenters. The Morgan fingerprint density at radius 2 is 2.05 bits per heavy atom. The molecule has 2 aromatic rings. The number of benzene rings is 1. The Balaban J connectivity index is 2.27. The highest BCUT2D eigenvalue weighted by Gasteiger charge is 2.13. The molecule has 0 saturated heterocycles. The number of carbonyl (C=O) groups is 1. The summed E-state index contributed by atoms with van der Waals surface area (Å²) in [5.41, 5.74) is 1.61. The predicted molar refractivity (Wildman–Crippen MR) is 74.8 cm³/mol. The van der Waals surface area contributed by atoms with Gasteiger partial charge in [0.05, 0.1) is 11.4 Å². The number of carbonyl (C=O) groups excluding carboxylic acids is 1. The summed E-state index contributed by atoms with van der Waals surface area (Å²) in [5, 5.41) is 14.7. The zero-order valence-corrected chi connectivity index (χ0v) is 11.6. The molecule has 2 N–H and O–H groups in total. The van der Waals surface area contributed by atoms with Gasteiger partial charge in [0.2, 0.25) is 0 Å². The zero-order chi connectivity index (χ0) is 13.8. The van der Waals surface area contributed by atoms with Crippen molar-refractivity contribution in [1.82, 2.24) is 0 Å². The highest BCUT2D eigenvalue weighted by molar-refractivity contribution is 9.10. The van der Waals surface area contributed by atoms with Crippen LogP contribution in [0.5, 0.6) is 0 Å². The van der Waals surface area contributed by atoms with Gasteiger partial charge in [0.1, 0.15) is 0 Å². The van der Waals surface area contributed by atoms with Gasteiger partial charge in [0.15, 0.2) is 10.4 Å². The van der Waals surface area contributed by atoms with Crippen molar-refractivity contribution in [3.63, 3.8) is 0 Å². The Kier molecular flexibility index (Phi) is 4.01. The number of halogens is 1. The molecule has 0 saturated carbocycles. The number of para-hydroxylation sites is 1. The van der Waals surface area contributed by atoms with Crippen molar-refractivity contribution in [1.29, 1.82) is 0 Å². The number of hydrogen-bond donors (Lipinski definition) is 2. The van der Waals surface area contributed by atoms with E-state index in [0.29, 0.717) is 21.6 Å². The van der Waals surface area contributed by atoms with Crippen LogP contribution >= 0.6 is 15.9 Å². The van der Waals surface area contributed by atoms with Crippen molar-refractivity contribution < 1.29 is 14.4 Å². The van der Waals surface area contributed by atoms with Crippen LogP contribution in [0.2, 0.25) is 0 Å². The first-order valence-corrected chi connectivity index (χ1v) is 6.26. The van der Waals surface area contributed by atoms with Crippen molar-refractivity contribution in [2.45, 2.75) is 6.92 Å². The normalized spacial score (nSPS) is 11.4. The summed E-state index contributed by atoms with van der Waals surface area (Å²) in [6.07, 6.45) is 0. The lowest BCUT2D eigenvalue weighted by atomic mass is 10.1. The Morgan fingerprint density at radius 1 is 1.32 bits per heavy atom. The molecule has 5 nitrogen and oxygen atoms in total. The van der Waals surface area contributed by atoms with Crippen LogP contribution < -0.4 is 5.32 Å². The number of oxime groups is 1. The molecule has 0 radical (unpaired) electrons. The third-order valence-electron chi connectivity index (χ3n) is 2.51. The van der Waals surface area contributed by atoms with E-state index < -0.39 is 0 Å². The first kappa shape index (κ1) is 13.4. The van der Waals surface area contributed by atoms with Gasteiger partial charge in [-0.2, -0.15) is 0 Å². The number of nitrogens with one attached hydrogen (secondary N) is 1. The van der Waals surface area contributed by atoms with Crippen molar-refractivity contribution in [2.75, 3.05) is 5.32 Å². The quantitative estimate of drug-likeness (QED) is 0.516. The minimum atomic E-state index is -0.371. The van der Waals surface area contributed by atoms with Crippen LogP contribution in [0.1, 0.15) is 23.0 Å². The molecule has 1 heterocycles. The Hall–Kier alpha value is -2.08. The average molecular weight is 323 g/mol. The van der Waals surface area contributed by atoms with Crippen LogP contribution in [0.25, 0.3) is 0 Å². The van der Waals surface area contributed by atoms with Gasteiger partial charge < -0.3 is 14.9 Å².